The molecule has 1 amide bonds. The van der Waals surface area contributed by atoms with Crippen LogP contribution in [0.2, 0.25) is 0 Å². The minimum Gasteiger partial charge on any atom is -0.347 e. The summed E-state index contributed by atoms with van der Waals surface area (Å²) in [5.74, 6) is 1.46. The van der Waals surface area contributed by atoms with Gasteiger partial charge >= 0.3 is 0 Å². The van der Waals surface area contributed by atoms with E-state index in [2.05, 4.69) is 25.0 Å². The molecule has 1 atom stereocenters. The van der Waals surface area contributed by atoms with Gasteiger partial charge in [-0.2, -0.15) is 0 Å². The first-order valence-corrected chi connectivity index (χ1v) is 8.77. The maximum absolute atomic E-state index is 13.0. The van der Waals surface area contributed by atoms with E-state index in [4.69, 9.17) is 4.52 Å². The van der Waals surface area contributed by atoms with Crippen LogP contribution in [0.5, 0.6) is 0 Å². The van der Waals surface area contributed by atoms with Crippen LogP contribution in [0.1, 0.15) is 52.8 Å². The van der Waals surface area contributed by atoms with E-state index in [-0.39, 0.29) is 11.9 Å². The Kier molecular flexibility index (Phi) is 3.16. The van der Waals surface area contributed by atoms with Crippen LogP contribution in [-0.2, 0) is 13.0 Å². The molecular formula is C18H19N5O2. The van der Waals surface area contributed by atoms with Gasteiger partial charge in [0.2, 0.25) is 0 Å². The smallest absolute Gasteiger partial charge is 0.259 e. The molecule has 0 radical (unpaired) electrons. The molecule has 0 aromatic carbocycles. The second-order valence-electron chi connectivity index (χ2n) is 7.02. The van der Waals surface area contributed by atoms with Crippen LogP contribution < -0.4 is 5.32 Å². The van der Waals surface area contributed by atoms with Gasteiger partial charge in [-0.3, -0.25) is 4.79 Å². The number of fused-ring (bicyclic) bond motifs is 2. The first kappa shape index (κ1) is 14.6. The molecule has 3 aromatic heterocycles. The molecule has 7 nitrogen and oxygen atoms in total. The highest BCUT2D eigenvalue weighted by molar-refractivity contribution is 6.06. The summed E-state index contributed by atoms with van der Waals surface area (Å²) in [5.41, 5.74) is 2.74. The summed E-state index contributed by atoms with van der Waals surface area (Å²) in [6, 6.07) is 2.02. The fraction of sp³-hybridized carbons (Fsp3) is 0.444. The van der Waals surface area contributed by atoms with Crippen molar-refractivity contribution in [1.29, 1.82) is 0 Å². The SMILES string of the molecule is Cc1noc2nc(C3CC3)cc(C(=O)N[C@H]3CCc4nccn4C3)c12. The number of pyridine rings is 1. The average molecular weight is 337 g/mol. The molecule has 3 aromatic rings. The molecule has 7 heteroatoms. The van der Waals surface area contributed by atoms with Gasteiger partial charge in [0, 0.05) is 43.0 Å². The van der Waals surface area contributed by atoms with Gasteiger partial charge in [-0.25, -0.2) is 9.97 Å². The third kappa shape index (κ3) is 2.50. The lowest BCUT2D eigenvalue weighted by Gasteiger charge is -2.24. The minimum atomic E-state index is -0.0748. The highest BCUT2D eigenvalue weighted by Gasteiger charge is 2.29. The largest absolute Gasteiger partial charge is 0.347 e. The van der Waals surface area contributed by atoms with E-state index in [1.807, 2.05) is 25.4 Å². The number of aryl methyl sites for hydroxylation is 2. The van der Waals surface area contributed by atoms with E-state index in [0.29, 0.717) is 22.9 Å². The molecule has 128 valence electrons. The van der Waals surface area contributed by atoms with Gasteiger partial charge in [0.15, 0.2) is 0 Å². The van der Waals surface area contributed by atoms with Crippen LogP contribution in [0.3, 0.4) is 0 Å². The van der Waals surface area contributed by atoms with Gasteiger partial charge in [0.1, 0.15) is 5.82 Å². The maximum Gasteiger partial charge on any atom is 0.259 e. The zero-order valence-electron chi connectivity index (χ0n) is 14.0. The van der Waals surface area contributed by atoms with Gasteiger partial charge in [-0.1, -0.05) is 5.16 Å². The predicted octanol–water partition coefficient (Wildman–Crippen LogP) is 2.35. The predicted molar refractivity (Wildman–Crippen MR) is 90.3 cm³/mol. The molecule has 5 rings (SSSR count). The lowest BCUT2D eigenvalue weighted by Crippen LogP contribution is -2.41. The summed E-state index contributed by atoms with van der Waals surface area (Å²) in [7, 11) is 0. The van der Waals surface area contributed by atoms with E-state index in [1.165, 1.54) is 0 Å². The molecule has 0 spiro atoms. The summed E-state index contributed by atoms with van der Waals surface area (Å²) in [4.78, 5) is 21.9. The number of carbonyl (C=O) groups excluding carboxylic acids is 1. The Morgan fingerprint density at radius 2 is 2.24 bits per heavy atom. The lowest BCUT2D eigenvalue weighted by molar-refractivity contribution is 0.0929. The van der Waals surface area contributed by atoms with Crippen molar-refractivity contribution in [2.45, 2.75) is 51.1 Å². The Morgan fingerprint density at radius 1 is 1.36 bits per heavy atom. The average Bonchev–Trinajstić information content (AvgIpc) is 3.25. The number of carbonyl (C=O) groups is 1. The van der Waals surface area contributed by atoms with Crippen molar-refractivity contribution in [3.05, 3.63) is 41.2 Å². The van der Waals surface area contributed by atoms with E-state index in [0.717, 1.165) is 49.1 Å². The van der Waals surface area contributed by atoms with Crippen LogP contribution in [0.25, 0.3) is 11.1 Å². The second-order valence-corrected chi connectivity index (χ2v) is 7.02. The number of aromatic nitrogens is 4. The zero-order valence-corrected chi connectivity index (χ0v) is 14.0. The first-order chi connectivity index (χ1) is 12.2. The lowest BCUT2D eigenvalue weighted by atomic mass is 10.0. The minimum absolute atomic E-state index is 0.0748. The Labute approximate surface area is 144 Å². The third-order valence-corrected chi connectivity index (χ3v) is 5.15. The van der Waals surface area contributed by atoms with Crippen molar-refractivity contribution in [3.63, 3.8) is 0 Å². The second kappa shape index (κ2) is 5.40. The van der Waals surface area contributed by atoms with Crippen LogP contribution in [0.4, 0.5) is 0 Å². The Balaban J connectivity index is 1.46. The van der Waals surface area contributed by atoms with Crippen molar-refractivity contribution in [2.75, 3.05) is 0 Å². The number of amides is 1. The van der Waals surface area contributed by atoms with E-state index in [1.54, 1.807) is 0 Å². The number of nitrogens with zero attached hydrogens (tertiary/aromatic N) is 4. The molecule has 0 bridgehead atoms. The quantitative estimate of drug-likeness (QED) is 0.793. The zero-order chi connectivity index (χ0) is 17.0. The van der Waals surface area contributed by atoms with Gasteiger partial charge in [-0.15, -0.1) is 0 Å². The number of hydrogen-bond acceptors (Lipinski definition) is 5. The van der Waals surface area contributed by atoms with E-state index >= 15 is 0 Å². The number of nitrogens with one attached hydrogen (secondary N) is 1. The molecule has 1 aliphatic heterocycles. The first-order valence-electron chi connectivity index (χ1n) is 8.77. The van der Waals surface area contributed by atoms with Gasteiger partial charge in [-0.05, 0) is 32.3 Å². The summed E-state index contributed by atoms with van der Waals surface area (Å²) >= 11 is 0. The summed E-state index contributed by atoms with van der Waals surface area (Å²) in [5, 5.41) is 7.90. The topological polar surface area (TPSA) is 85.8 Å². The standard InChI is InChI=1S/C18H19N5O2/c1-10-16-13(8-14(11-2-3-11)21-18(16)25-22-10)17(24)20-12-4-5-15-19-6-7-23(15)9-12/h6-8,11-12H,2-5,9H2,1H3,(H,20,24)/t12-/m0/s1. The van der Waals surface area contributed by atoms with Crippen LogP contribution in [0.15, 0.2) is 23.0 Å². The highest BCUT2D eigenvalue weighted by atomic mass is 16.5. The fourth-order valence-electron chi connectivity index (χ4n) is 3.63. The molecule has 2 aliphatic rings. The fourth-order valence-corrected chi connectivity index (χ4v) is 3.63. The Bertz CT molecular complexity index is 969. The van der Waals surface area contributed by atoms with Crippen LogP contribution in [0, 0.1) is 6.92 Å². The molecule has 1 saturated carbocycles. The number of imidazole rings is 1. The number of hydrogen-bond donors (Lipinski definition) is 1. The highest BCUT2D eigenvalue weighted by Crippen LogP contribution is 2.40. The molecule has 25 heavy (non-hydrogen) atoms. The molecular weight excluding hydrogens is 318 g/mol. The molecule has 1 fully saturated rings. The van der Waals surface area contributed by atoms with Crippen molar-refractivity contribution >= 4 is 17.0 Å². The number of rotatable bonds is 3. The van der Waals surface area contributed by atoms with Gasteiger partial charge in [0.05, 0.1) is 16.6 Å². The Morgan fingerprint density at radius 3 is 3.08 bits per heavy atom. The van der Waals surface area contributed by atoms with Crippen LogP contribution in [-0.4, -0.2) is 31.6 Å². The van der Waals surface area contributed by atoms with Crippen molar-refractivity contribution in [1.82, 2.24) is 25.0 Å². The monoisotopic (exact) mass is 337 g/mol. The molecule has 0 saturated heterocycles. The van der Waals surface area contributed by atoms with Crippen molar-refractivity contribution in [3.8, 4) is 0 Å². The van der Waals surface area contributed by atoms with Crippen LogP contribution >= 0.6 is 0 Å². The van der Waals surface area contributed by atoms with E-state index in [9.17, 15) is 4.79 Å². The molecule has 0 unspecified atom stereocenters. The van der Waals surface area contributed by atoms with E-state index < -0.39 is 0 Å². The summed E-state index contributed by atoms with van der Waals surface area (Å²) < 4.78 is 7.44. The third-order valence-electron chi connectivity index (χ3n) is 5.15. The molecule has 1 N–H and O–H groups in total. The van der Waals surface area contributed by atoms with Gasteiger partial charge < -0.3 is 14.4 Å². The summed E-state index contributed by atoms with van der Waals surface area (Å²) in [6.07, 6.45) is 7.80. The summed E-state index contributed by atoms with van der Waals surface area (Å²) in [6.45, 7) is 2.60. The Hall–Kier alpha value is -2.70. The van der Waals surface area contributed by atoms with Crippen molar-refractivity contribution < 1.29 is 9.32 Å². The van der Waals surface area contributed by atoms with Gasteiger partial charge in [0.25, 0.3) is 11.6 Å². The molecule has 4 heterocycles. The maximum atomic E-state index is 13.0. The molecule has 1 aliphatic carbocycles. The normalized spacial score (nSPS) is 19.8. The van der Waals surface area contributed by atoms with Crippen molar-refractivity contribution in [2.24, 2.45) is 0 Å².